The summed E-state index contributed by atoms with van der Waals surface area (Å²) in [4.78, 5) is 4.50. The summed E-state index contributed by atoms with van der Waals surface area (Å²) < 4.78 is 2.27. The second-order valence-corrected chi connectivity index (χ2v) is 4.63. The predicted octanol–water partition coefficient (Wildman–Crippen LogP) is 2.10. The zero-order valence-electron chi connectivity index (χ0n) is 9.61. The van der Waals surface area contributed by atoms with Gasteiger partial charge in [0.25, 0.3) is 0 Å². The van der Waals surface area contributed by atoms with Crippen molar-refractivity contribution < 1.29 is 0 Å². The molecule has 0 radical (unpaired) electrons. The molecule has 0 bridgehead atoms. The molecule has 0 amide bonds. The van der Waals surface area contributed by atoms with Crippen LogP contribution < -0.4 is 5.32 Å². The van der Waals surface area contributed by atoms with Crippen molar-refractivity contribution in [1.29, 1.82) is 0 Å². The average Bonchev–Trinajstić information content (AvgIpc) is 2.90. The third-order valence-electron chi connectivity index (χ3n) is 3.43. The SMILES string of the molecule is Cc1cccc2c1ncn2CC1CCCN1. The van der Waals surface area contributed by atoms with Gasteiger partial charge in [0.2, 0.25) is 0 Å². The lowest BCUT2D eigenvalue weighted by Gasteiger charge is -2.11. The number of hydrogen-bond acceptors (Lipinski definition) is 2. The summed E-state index contributed by atoms with van der Waals surface area (Å²) in [6.45, 7) is 4.32. The van der Waals surface area contributed by atoms with Crippen molar-refractivity contribution in [1.82, 2.24) is 14.9 Å². The molecule has 1 fully saturated rings. The number of hydrogen-bond donors (Lipinski definition) is 1. The van der Waals surface area contributed by atoms with E-state index in [4.69, 9.17) is 0 Å². The number of nitrogens with one attached hydrogen (secondary N) is 1. The second-order valence-electron chi connectivity index (χ2n) is 4.63. The van der Waals surface area contributed by atoms with Crippen LogP contribution in [0.25, 0.3) is 11.0 Å². The number of aryl methyl sites for hydroxylation is 1. The largest absolute Gasteiger partial charge is 0.329 e. The Bertz CT molecular complexity index is 495. The summed E-state index contributed by atoms with van der Waals surface area (Å²) in [6.07, 6.45) is 4.56. The van der Waals surface area contributed by atoms with Crippen LogP contribution in [-0.4, -0.2) is 22.1 Å². The maximum absolute atomic E-state index is 4.50. The number of nitrogens with zero attached hydrogens (tertiary/aromatic N) is 2. The highest BCUT2D eigenvalue weighted by atomic mass is 15.1. The molecule has 1 aromatic heterocycles. The minimum absolute atomic E-state index is 0.623. The van der Waals surface area contributed by atoms with Crippen molar-refractivity contribution >= 4 is 11.0 Å². The molecule has 1 aliphatic heterocycles. The molecule has 1 aliphatic rings. The fraction of sp³-hybridized carbons (Fsp3) is 0.462. The Hall–Kier alpha value is -1.35. The van der Waals surface area contributed by atoms with Crippen molar-refractivity contribution in [2.45, 2.75) is 32.4 Å². The van der Waals surface area contributed by atoms with Gasteiger partial charge >= 0.3 is 0 Å². The van der Waals surface area contributed by atoms with Crippen molar-refractivity contribution in [3.63, 3.8) is 0 Å². The summed E-state index contributed by atoms with van der Waals surface area (Å²) >= 11 is 0. The molecular weight excluding hydrogens is 198 g/mol. The Morgan fingerprint density at radius 1 is 1.50 bits per heavy atom. The highest BCUT2D eigenvalue weighted by Crippen LogP contribution is 2.18. The van der Waals surface area contributed by atoms with Gasteiger partial charge in [0.1, 0.15) is 0 Å². The minimum Gasteiger partial charge on any atom is -0.329 e. The van der Waals surface area contributed by atoms with Gasteiger partial charge in [0.05, 0.1) is 17.4 Å². The molecule has 3 rings (SSSR count). The first kappa shape index (κ1) is 9.85. The van der Waals surface area contributed by atoms with Gasteiger partial charge in [-0.1, -0.05) is 12.1 Å². The van der Waals surface area contributed by atoms with Crippen LogP contribution in [0, 0.1) is 6.92 Å². The van der Waals surface area contributed by atoms with E-state index in [9.17, 15) is 0 Å². The molecule has 1 saturated heterocycles. The van der Waals surface area contributed by atoms with Crippen LogP contribution in [0.3, 0.4) is 0 Å². The van der Waals surface area contributed by atoms with Gasteiger partial charge in [-0.25, -0.2) is 4.98 Å². The predicted molar refractivity (Wildman–Crippen MR) is 65.5 cm³/mol. The monoisotopic (exact) mass is 215 g/mol. The van der Waals surface area contributed by atoms with E-state index in [1.54, 1.807) is 0 Å². The van der Waals surface area contributed by atoms with E-state index < -0.39 is 0 Å². The zero-order valence-corrected chi connectivity index (χ0v) is 9.61. The van der Waals surface area contributed by atoms with Gasteiger partial charge in [0.15, 0.2) is 0 Å². The molecule has 0 saturated carbocycles. The van der Waals surface area contributed by atoms with Crippen LogP contribution in [0.2, 0.25) is 0 Å². The molecule has 2 aromatic rings. The Morgan fingerprint density at radius 3 is 3.25 bits per heavy atom. The molecule has 16 heavy (non-hydrogen) atoms. The van der Waals surface area contributed by atoms with Gasteiger partial charge in [0, 0.05) is 12.6 Å². The minimum atomic E-state index is 0.623. The van der Waals surface area contributed by atoms with Crippen LogP contribution >= 0.6 is 0 Å². The normalized spacial score (nSPS) is 20.7. The zero-order chi connectivity index (χ0) is 11.0. The molecular formula is C13H17N3. The third kappa shape index (κ3) is 1.61. The maximum Gasteiger partial charge on any atom is 0.0958 e. The molecule has 84 valence electrons. The Kier molecular flexibility index (Phi) is 2.40. The van der Waals surface area contributed by atoms with Crippen LogP contribution in [0.15, 0.2) is 24.5 Å². The summed E-state index contributed by atoms with van der Waals surface area (Å²) in [5.41, 5.74) is 3.66. The van der Waals surface area contributed by atoms with Crippen molar-refractivity contribution in [2.24, 2.45) is 0 Å². The lowest BCUT2D eigenvalue weighted by molar-refractivity contribution is 0.517. The van der Waals surface area contributed by atoms with E-state index >= 15 is 0 Å². The second kappa shape index (κ2) is 3.91. The molecule has 1 aromatic carbocycles. The third-order valence-corrected chi connectivity index (χ3v) is 3.43. The van der Waals surface area contributed by atoms with E-state index in [0.29, 0.717) is 6.04 Å². The molecule has 1 N–H and O–H groups in total. The topological polar surface area (TPSA) is 29.9 Å². The number of rotatable bonds is 2. The molecule has 3 nitrogen and oxygen atoms in total. The number of fused-ring (bicyclic) bond motifs is 1. The van der Waals surface area contributed by atoms with Crippen molar-refractivity contribution in [2.75, 3.05) is 6.54 Å². The van der Waals surface area contributed by atoms with E-state index in [2.05, 4.69) is 40.0 Å². The van der Waals surface area contributed by atoms with Gasteiger partial charge in [-0.3, -0.25) is 0 Å². The first-order valence-electron chi connectivity index (χ1n) is 5.98. The van der Waals surface area contributed by atoms with Gasteiger partial charge < -0.3 is 9.88 Å². The van der Waals surface area contributed by atoms with E-state index in [0.717, 1.165) is 18.6 Å². The van der Waals surface area contributed by atoms with Crippen LogP contribution in [0.5, 0.6) is 0 Å². The summed E-state index contributed by atoms with van der Waals surface area (Å²) in [7, 11) is 0. The number of para-hydroxylation sites is 1. The molecule has 3 heteroatoms. The van der Waals surface area contributed by atoms with Gasteiger partial charge in [-0.2, -0.15) is 0 Å². The fourth-order valence-corrected chi connectivity index (χ4v) is 2.53. The lowest BCUT2D eigenvalue weighted by Crippen LogP contribution is -2.26. The Morgan fingerprint density at radius 2 is 2.44 bits per heavy atom. The Balaban J connectivity index is 1.94. The summed E-state index contributed by atoms with van der Waals surface area (Å²) in [5.74, 6) is 0. The highest BCUT2D eigenvalue weighted by Gasteiger charge is 2.15. The van der Waals surface area contributed by atoms with Crippen molar-refractivity contribution in [3.8, 4) is 0 Å². The molecule has 0 spiro atoms. The van der Waals surface area contributed by atoms with Gasteiger partial charge in [-0.15, -0.1) is 0 Å². The molecule has 2 heterocycles. The standard InChI is InChI=1S/C13H17N3/c1-10-4-2-6-12-13(10)15-9-16(12)8-11-5-3-7-14-11/h2,4,6,9,11,14H,3,5,7-8H2,1H3. The quantitative estimate of drug-likeness (QED) is 0.831. The summed E-state index contributed by atoms with van der Waals surface area (Å²) in [5, 5.41) is 3.53. The molecule has 1 atom stereocenters. The molecule has 0 aliphatic carbocycles. The first-order valence-corrected chi connectivity index (χ1v) is 5.98. The summed E-state index contributed by atoms with van der Waals surface area (Å²) in [6, 6.07) is 7.01. The number of imidazole rings is 1. The van der Waals surface area contributed by atoms with Crippen LogP contribution in [0.4, 0.5) is 0 Å². The smallest absolute Gasteiger partial charge is 0.0958 e. The lowest BCUT2D eigenvalue weighted by atomic mass is 10.2. The first-order chi connectivity index (χ1) is 7.84. The van der Waals surface area contributed by atoms with E-state index in [1.165, 1.54) is 23.9 Å². The van der Waals surface area contributed by atoms with E-state index in [1.807, 2.05) is 6.33 Å². The number of aromatic nitrogens is 2. The highest BCUT2D eigenvalue weighted by molar-refractivity contribution is 5.78. The number of benzene rings is 1. The van der Waals surface area contributed by atoms with Crippen LogP contribution in [0.1, 0.15) is 18.4 Å². The average molecular weight is 215 g/mol. The van der Waals surface area contributed by atoms with Gasteiger partial charge in [-0.05, 0) is 37.9 Å². The van der Waals surface area contributed by atoms with E-state index in [-0.39, 0.29) is 0 Å². The Labute approximate surface area is 95.5 Å². The fourth-order valence-electron chi connectivity index (χ4n) is 2.53. The van der Waals surface area contributed by atoms with Crippen LogP contribution in [-0.2, 0) is 6.54 Å². The maximum atomic E-state index is 4.50. The molecule has 1 unspecified atom stereocenters. The van der Waals surface area contributed by atoms with Crippen molar-refractivity contribution in [3.05, 3.63) is 30.1 Å².